The highest BCUT2D eigenvalue weighted by Crippen LogP contribution is 2.30. The number of allylic oxidation sites excluding steroid dienone is 7. The van der Waals surface area contributed by atoms with E-state index in [1.807, 2.05) is 6.08 Å². The normalized spacial score (nSPS) is 22.3. The van der Waals surface area contributed by atoms with Crippen molar-refractivity contribution in [1.82, 2.24) is 5.32 Å². The number of ether oxygens (including phenoxy) is 4. The molecule has 12 unspecified atom stereocenters. The fourth-order valence-electron chi connectivity index (χ4n) is 13.7. The molecule has 2 aliphatic rings. The van der Waals surface area contributed by atoms with Gasteiger partial charge in [0.25, 0.3) is 0 Å². The summed E-state index contributed by atoms with van der Waals surface area (Å²) in [6.45, 7) is 2.83. The van der Waals surface area contributed by atoms with Crippen LogP contribution in [0.15, 0.2) is 48.6 Å². The lowest BCUT2D eigenvalue weighted by Gasteiger charge is -2.46. The SMILES string of the molecule is CCCCCCC/C=C\C/C=C\CCCCCCCCCCCCCCCCCCCCCCCCCC(=O)NC(COC1OC(CO)C(OC2OC(CO)C(O)C(O)C2O)C(O)C1O)C(O)/C=C/CC/C=C/CCCCCCCCCCCCCCCCCCCCCCCC. The number of nitrogens with one attached hydrogen (secondary N) is 1. The van der Waals surface area contributed by atoms with Crippen molar-refractivity contribution in [1.29, 1.82) is 0 Å². The van der Waals surface area contributed by atoms with Crippen LogP contribution in [-0.4, -0.2) is 140 Å². The van der Waals surface area contributed by atoms with E-state index < -0.39 is 86.8 Å². The summed E-state index contributed by atoms with van der Waals surface area (Å²) in [6, 6.07) is -0.933. The van der Waals surface area contributed by atoms with E-state index in [2.05, 4.69) is 55.6 Å². The zero-order chi connectivity index (χ0) is 70.1. The molecule has 570 valence electrons. The minimum atomic E-state index is -1.79. The number of aliphatic hydroxyl groups is 8. The monoisotopic (exact) mass is 1370 g/mol. The Morgan fingerprint density at radius 2 is 0.691 bits per heavy atom. The van der Waals surface area contributed by atoms with Gasteiger partial charge in [0.05, 0.1) is 32.0 Å². The van der Waals surface area contributed by atoms with Crippen molar-refractivity contribution in [3.05, 3.63) is 48.6 Å². The van der Waals surface area contributed by atoms with Crippen LogP contribution >= 0.6 is 0 Å². The molecular formula is C83H155NO13. The summed E-state index contributed by atoms with van der Waals surface area (Å²) < 4.78 is 22.9. The van der Waals surface area contributed by atoms with E-state index in [1.54, 1.807) is 6.08 Å². The summed E-state index contributed by atoms with van der Waals surface area (Å²) in [4.78, 5) is 13.4. The number of rotatable bonds is 70. The van der Waals surface area contributed by atoms with Gasteiger partial charge >= 0.3 is 0 Å². The van der Waals surface area contributed by atoms with Gasteiger partial charge in [0.15, 0.2) is 12.6 Å². The van der Waals surface area contributed by atoms with Gasteiger partial charge in [-0.3, -0.25) is 4.79 Å². The largest absolute Gasteiger partial charge is 0.394 e. The van der Waals surface area contributed by atoms with Crippen LogP contribution in [0.5, 0.6) is 0 Å². The van der Waals surface area contributed by atoms with E-state index >= 15 is 0 Å². The second-order valence-corrected chi connectivity index (χ2v) is 29.2. The molecule has 1 amide bonds. The smallest absolute Gasteiger partial charge is 0.220 e. The Morgan fingerprint density at radius 3 is 1.07 bits per heavy atom. The predicted octanol–water partition coefficient (Wildman–Crippen LogP) is 19.0. The lowest BCUT2D eigenvalue weighted by atomic mass is 9.97. The molecule has 0 bridgehead atoms. The number of carbonyl (C=O) groups is 1. The Hall–Kier alpha value is -2.05. The average molecular weight is 1380 g/mol. The minimum Gasteiger partial charge on any atom is -0.394 e. The first-order valence-corrected chi connectivity index (χ1v) is 41.4. The fourth-order valence-corrected chi connectivity index (χ4v) is 13.7. The van der Waals surface area contributed by atoms with Crippen molar-refractivity contribution in [2.75, 3.05) is 19.8 Å². The first kappa shape index (κ1) is 91.0. The van der Waals surface area contributed by atoms with E-state index in [9.17, 15) is 45.6 Å². The maximum absolute atomic E-state index is 13.4. The number of hydrogen-bond acceptors (Lipinski definition) is 13. The highest BCUT2D eigenvalue weighted by molar-refractivity contribution is 5.76. The van der Waals surface area contributed by atoms with Crippen LogP contribution in [0.3, 0.4) is 0 Å². The summed E-state index contributed by atoms with van der Waals surface area (Å²) in [5.74, 6) is -0.241. The van der Waals surface area contributed by atoms with Crippen molar-refractivity contribution in [3.63, 3.8) is 0 Å². The maximum atomic E-state index is 13.4. The molecule has 14 nitrogen and oxygen atoms in total. The molecule has 2 fully saturated rings. The molecule has 0 radical (unpaired) electrons. The van der Waals surface area contributed by atoms with Gasteiger partial charge in [0, 0.05) is 6.42 Å². The van der Waals surface area contributed by atoms with E-state index in [0.29, 0.717) is 12.8 Å². The highest BCUT2D eigenvalue weighted by atomic mass is 16.7. The zero-order valence-electron chi connectivity index (χ0n) is 62.6. The summed E-state index contributed by atoms with van der Waals surface area (Å²) >= 11 is 0. The van der Waals surface area contributed by atoms with Crippen LogP contribution in [0.4, 0.5) is 0 Å². The molecule has 2 heterocycles. The van der Waals surface area contributed by atoms with Crippen LogP contribution in [0.2, 0.25) is 0 Å². The molecule has 9 N–H and O–H groups in total. The molecule has 2 aliphatic heterocycles. The molecule has 12 atom stereocenters. The van der Waals surface area contributed by atoms with Crippen LogP contribution in [0.1, 0.15) is 380 Å². The molecule has 0 aliphatic carbocycles. The second kappa shape index (κ2) is 67.1. The Morgan fingerprint density at radius 1 is 0.371 bits per heavy atom. The third kappa shape index (κ3) is 50.1. The molecular weight excluding hydrogens is 1220 g/mol. The van der Waals surface area contributed by atoms with Gasteiger partial charge in [-0.05, 0) is 64.2 Å². The van der Waals surface area contributed by atoms with Gasteiger partial charge in [-0.15, -0.1) is 0 Å². The maximum Gasteiger partial charge on any atom is 0.220 e. The Bertz CT molecular complexity index is 1810. The minimum absolute atomic E-state index is 0.241. The van der Waals surface area contributed by atoms with Gasteiger partial charge in [-0.1, -0.05) is 358 Å². The summed E-state index contributed by atoms with van der Waals surface area (Å²) in [5.41, 5.74) is 0. The number of amides is 1. The number of aliphatic hydroxyl groups excluding tert-OH is 8. The third-order valence-electron chi connectivity index (χ3n) is 20.2. The molecule has 97 heavy (non-hydrogen) atoms. The van der Waals surface area contributed by atoms with Gasteiger partial charge in [-0.25, -0.2) is 0 Å². The first-order chi connectivity index (χ1) is 47.6. The molecule has 0 spiro atoms. The van der Waals surface area contributed by atoms with Gasteiger partial charge in [0.2, 0.25) is 5.91 Å². The van der Waals surface area contributed by atoms with E-state index in [-0.39, 0.29) is 18.9 Å². The molecule has 2 rings (SSSR count). The quantitative estimate of drug-likeness (QED) is 0.0204. The van der Waals surface area contributed by atoms with Gasteiger partial charge in [-0.2, -0.15) is 0 Å². The van der Waals surface area contributed by atoms with Gasteiger partial charge < -0.3 is 65.1 Å². The Labute approximate surface area is 594 Å². The molecule has 0 saturated carbocycles. The first-order valence-electron chi connectivity index (χ1n) is 41.4. The van der Waals surface area contributed by atoms with Crippen molar-refractivity contribution >= 4 is 5.91 Å². The van der Waals surface area contributed by atoms with E-state index in [4.69, 9.17) is 18.9 Å². The van der Waals surface area contributed by atoms with Crippen LogP contribution in [0.25, 0.3) is 0 Å². The molecule has 14 heteroatoms. The fraction of sp³-hybridized carbons (Fsp3) is 0.892. The Balaban J connectivity index is 1.61. The zero-order valence-corrected chi connectivity index (χ0v) is 62.6. The standard InChI is InChI=1S/C83H155NO13/c1-3-5-7-9-11-13-15-17-19-21-23-25-27-29-31-33-34-35-36-37-38-39-41-43-45-47-49-51-53-55-57-59-61-63-65-67-75(88)84-71(70-94-82-80(93)78(91)81(74(69-86)96-82)97-83-79(92)77(90)76(89)73(68-85)95-83)72(87)66-64-62-60-58-56-54-52-50-48-46-44-42-40-32-30-28-26-24-22-20-18-16-14-12-10-8-6-4-2/h15,17,21,23,56,58,64,66,71-74,76-83,85-87,89-93H,3-14,16,18-20,22,24-55,57,59-63,65,67-70H2,1-2H3,(H,84,88)/b17-15-,23-21-,58-56+,66-64+. The van der Waals surface area contributed by atoms with Crippen molar-refractivity contribution in [2.45, 2.75) is 453 Å². The van der Waals surface area contributed by atoms with E-state index in [0.717, 1.165) is 38.5 Å². The molecule has 0 aromatic rings. The Kier molecular flexibility index (Phi) is 63.0. The lowest BCUT2D eigenvalue weighted by Crippen LogP contribution is -2.65. The van der Waals surface area contributed by atoms with Crippen molar-refractivity contribution < 1.29 is 64.6 Å². The van der Waals surface area contributed by atoms with Gasteiger partial charge in [0.1, 0.15) is 48.8 Å². The number of hydrogen-bond donors (Lipinski definition) is 9. The lowest BCUT2D eigenvalue weighted by molar-refractivity contribution is -0.359. The highest BCUT2D eigenvalue weighted by Gasteiger charge is 2.51. The van der Waals surface area contributed by atoms with Crippen molar-refractivity contribution in [3.8, 4) is 0 Å². The second-order valence-electron chi connectivity index (χ2n) is 29.2. The number of unbranched alkanes of at least 4 members (excludes halogenated alkanes) is 51. The molecule has 2 saturated heterocycles. The molecule has 0 aromatic heterocycles. The third-order valence-corrected chi connectivity index (χ3v) is 20.2. The summed E-state index contributed by atoms with van der Waals surface area (Å²) in [5, 5.41) is 87.7. The van der Waals surface area contributed by atoms with Crippen LogP contribution < -0.4 is 5.32 Å². The predicted molar refractivity (Wildman–Crippen MR) is 401 cm³/mol. The average Bonchev–Trinajstić information content (AvgIpc) is 0.793. The number of carbonyl (C=O) groups excluding carboxylic acids is 1. The van der Waals surface area contributed by atoms with Crippen LogP contribution in [0, 0.1) is 0 Å². The van der Waals surface area contributed by atoms with E-state index in [1.165, 1.54) is 308 Å². The molecule has 0 aromatic carbocycles. The summed E-state index contributed by atoms with van der Waals surface area (Å²) in [7, 11) is 0. The van der Waals surface area contributed by atoms with Crippen LogP contribution in [-0.2, 0) is 23.7 Å². The summed E-state index contributed by atoms with van der Waals surface area (Å²) in [6.07, 6.45) is 73.5. The topological polar surface area (TPSA) is 228 Å². The van der Waals surface area contributed by atoms with Crippen molar-refractivity contribution in [2.24, 2.45) is 0 Å².